The lowest BCUT2D eigenvalue weighted by molar-refractivity contribution is 0.252. The van der Waals surface area contributed by atoms with Gasteiger partial charge in [0.15, 0.2) is 0 Å². The number of rotatable bonds is 5. The van der Waals surface area contributed by atoms with Crippen molar-refractivity contribution >= 4 is 23.3 Å². The number of hydrogen-bond donors (Lipinski definition) is 2. The van der Waals surface area contributed by atoms with Crippen LogP contribution in [-0.4, -0.2) is 12.6 Å². The van der Waals surface area contributed by atoms with E-state index in [1.54, 1.807) is 24.3 Å². The molecule has 0 spiro atoms. The van der Waals surface area contributed by atoms with Crippen LogP contribution < -0.4 is 10.6 Å². The lowest BCUT2D eigenvalue weighted by Crippen LogP contribution is -2.29. The van der Waals surface area contributed by atoms with Crippen molar-refractivity contribution in [1.82, 2.24) is 5.32 Å². The molecule has 0 heterocycles. The van der Waals surface area contributed by atoms with E-state index in [0.29, 0.717) is 17.3 Å². The van der Waals surface area contributed by atoms with E-state index in [1.807, 2.05) is 0 Å². The molecule has 0 atom stereocenters. The SMILES string of the molecule is Cc1cccc(CCCNC(=O)Nc2cccc(Cl)c2)c1. The maximum absolute atomic E-state index is 11.7. The lowest BCUT2D eigenvalue weighted by Gasteiger charge is -2.08. The average molecular weight is 303 g/mol. The van der Waals surface area contributed by atoms with Crippen LogP contribution in [0.2, 0.25) is 5.02 Å². The Morgan fingerprint density at radius 2 is 1.95 bits per heavy atom. The Morgan fingerprint density at radius 1 is 1.14 bits per heavy atom. The number of anilines is 1. The van der Waals surface area contributed by atoms with Crippen molar-refractivity contribution in [3.8, 4) is 0 Å². The van der Waals surface area contributed by atoms with Gasteiger partial charge in [-0.2, -0.15) is 0 Å². The van der Waals surface area contributed by atoms with Crippen LogP contribution in [-0.2, 0) is 6.42 Å². The van der Waals surface area contributed by atoms with Gasteiger partial charge in [-0.3, -0.25) is 0 Å². The molecule has 2 rings (SSSR count). The van der Waals surface area contributed by atoms with Gasteiger partial charge >= 0.3 is 6.03 Å². The minimum absolute atomic E-state index is 0.207. The first kappa shape index (κ1) is 15.4. The minimum atomic E-state index is -0.207. The fraction of sp³-hybridized carbons (Fsp3) is 0.235. The molecule has 0 aliphatic carbocycles. The van der Waals surface area contributed by atoms with Gasteiger partial charge in [0.25, 0.3) is 0 Å². The molecule has 0 saturated heterocycles. The van der Waals surface area contributed by atoms with E-state index in [4.69, 9.17) is 11.6 Å². The number of urea groups is 1. The molecule has 21 heavy (non-hydrogen) atoms. The summed E-state index contributed by atoms with van der Waals surface area (Å²) in [5.41, 5.74) is 3.25. The molecular weight excluding hydrogens is 284 g/mol. The third kappa shape index (κ3) is 5.48. The Morgan fingerprint density at radius 3 is 2.71 bits per heavy atom. The van der Waals surface area contributed by atoms with Gasteiger partial charge in [-0.05, 0) is 43.5 Å². The summed E-state index contributed by atoms with van der Waals surface area (Å²) in [5, 5.41) is 6.20. The summed E-state index contributed by atoms with van der Waals surface area (Å²) in [6, 6.07) is 15.3. The van der Waals surface area contributed by atoms with Gasteiger partial charge in [0.2, 0.25) is 0 Å². The zero-order valence-electron chi connectivity index (χ0n) is 12.0. The first-order valence-electron chi connectivity index (χ1n) is 6.99. The zero-order chi connectivity index (χ0) is 15.1. The molecule has 2 aromatic rings. The van der Waals surface area contributed by atoms with Crippen LogP contribution in [0.25, 0.3) is 0 Å². The number of hydrogen-bond acceptors (Lipinski definition) is 1. The molecule has 2 N–H and O–H groups in total. The van der Waals surface area contributed by atoms with Crippen molar-refractivity contribution in [3.63, 3.8) is 0 Å². The summed E-state index contributed by atoms with van der Waals surface area (Å²) in [7, 11) is 0. The molecule has 0 saturated carbocycles. The van der Waals surface area contributed by atoms with Crippen molar-refractivity contribution in [2.24, 2.45) is 0 Å². The Hall–Kier alpha value is -2.00. The molecule has 3 nitrogen and oxygen atoms in total. The third-order valence-corrected chi connectivity index (χ3v) is 3.33. The molecule has 0 bridgehead atoms. The van der Waals surface area contributed by atoms with E-state index in [9.17, 15) is 4.79 Å². The molecule has 2 amide bonds. The molecule has 0 radical (unpaired) electrons. The summed E-state index contributed by atoms with van der Waals surface area (Å²) in [5.74, 6) is 0. The molecule has 0 aliphatic heterocycles. The van der Waals surface area contributed by atoms with Crippen molar-refractivity contribution in [2.45, 2.75) is 19.8 Å². The molecule has 0 fully saturated rings. The van der Waals surface area contributed by atoms with Gasteiger partial charge in [0, 0.05) is 17.3 Å². The number of halogens is 1. The highest BCUT2D eigenvalue weighted by molar-refractivity contribution is 6.30. The van der Waals surface area contributed by atoms with E-state index >= 15 is 0 Å². The van der Waals surface area contributed by atoms with Gasteiger partial charge in [-0.1, -0.05) is 47.5 Å². The first-order valence-corrected chi connectivity index (χ1v) is 7.37. The number of nitrogens with one attached hydrogen (secondary N) is 2. The fourth-order valence-corrected chi connectivity index (χ4v) is 2.29. The Kier molecular flexibility index (Phi) is 5.64. The monoisotopic (exact) mass is 302 g/mol. The zero-order valence-corrected chi connectivity index (χ0v) is 12.8. The van der Waals surface area contributed by atoms with E-state index in [-0.39, 0.29) is 6.03 Å². The van der Waals surface area contributed by atoms with E-state index in [1.165, 1.54) is 11.1 Å². The minimum Gasteiger partial charge on any atom is -0.338 e. The maximum Gasteiger partial charge on any atom is 0.319 e. The normalized spacial score (nSPS) is 10.2. The van der Waals surface area contributed by atoms with Crippen LogP contribution in [0.4, 0.5) is 10.5 Å². The third-order valence-electron chi connectivity index (χ3n) is 3.09. The second-order valence-electron chi connectivity index (χ2n) is 4.98. The summed E-state index contributed by atoms with van der Waals surface area (Å²) in [4.78, 5) is 11.7. The van der Waals surface area contributed by atoms with Gasteiger partial charge in [0.05, 0.1) is 0 Å². The van der Waals surface area contributed by atoms with Crippen LogP contribution in [0, 0.1) is 6.92 Å². The molecular formula is C17H19ClN2O. The van der Waals surface area contributed by atoms with Crippen molar-refractivity contribution < 1.29 is 4.79 Å². The van der Waals surface area contributed by atoms with Gasteiger partial charge in [-0.15, -0.1) is 0 Å². The largest absolute Gasteiger partial charge is 0.338 e. The fourth-order valence-electron chi connectivity index (χ4n) is 2.10. The summed E-state index contributed by atoms with van der Waals surface area (Å²) >= 11 is 5.86. The average Bonchev–Trinajstić information content (AvgIpc) is 2.44. The quantitative estimate of drug-likeness (QED) is 0.790. The molecule has 0 aromatic heterocycles. The predicted octanol–water partition coefficient (Wildman–Crippen LogP) is 4.40. The van der Waals surface area contributed by atoms with E-state index in [0.717, 1.165) is 12.8 Å². The Labute approximate surface area is 130 Å². The molecule has 110 valence electrons. The van der Waals surface area contributed by atoms with Crippen LogP contribution in [0.15, 0.2) is 48.5 Å². The van der Waals surface area contributed by atoms with Crippen LogP contribution in [0.1, 0.15) is 17.5 Å². The van der Waals surface area contributed by atoms with Crippen LogP contribution in [0.5, 0.6) is 0 Å². The second kappa shape index (κ2) is 7.70. The topological polar surface area (TPSA) is 41.1 Å². The highest BCUT2D eigenvalue weighted by Crippen LogP contribution is 2.14. The Bertz CT molecular complexity index is 613. The summed E-state index contributed by atoms with van der Waals surface area (Å²) < 4.78 is 0. The first-order chi connectivity index (χ1) is 10.1. The lowest BCUT2D eigenvalue weighted by atomic mass is 10.1. The summed E-state index contributed by atoms with van der Waals surface area (Å²) in [6.07, 6.45) is 1.87. The van der Waals surface area contributed by atoms with Crippen molar-refractivity contribution in [2.75, 3.05) is 11.9 Å². The van der Waals surface area contributed by atoms with Gasteiger partial charge in [-0.25, -0.2) is 4.79 Å². The molecule has 0 unspecified atom stereocenters. The number of carbonyl (C=O) groups excluding carboxylic acids is 1. The Balaban J connectivity index is 1.70. The van der Waals surface area contributed by atoms with Gasteiger partial charge < -0.3 is 10.6 Å². The number of benzene rings is 2. The smallest absolute Gasteiger partial charge is 0.319 e. The van der Waals surface area contributed by atoms with Crippen LogP contribution >= 0.6 is 11.6 Å². The number of carbonyl (C=O) groups is 1. The second-order valence-corrected chi connectivity index (χ2v) is 5.42. The highest BCUT2D eigenvalue weighted by atomic mass is 35.5. The van der Waals surface area contributed by atoms with Crippen molar-refractivity contribution in [1.29, 1.82) is 0 Å². The standard InChI is InChI=1S/C17H19ClN2O/c1-13-5-2-6-14(11-13)7-4-10-19-17(21)20-16-9-3-8-15(18)12-16/h2-3,5-6,8-9,11-12H,4,7,10H2,1H3,(H2,19,20,21). The summed E-state index contributed by atoms with van der Waals surface area (Å²) in [6.45, 7) is 2.72. The van der Waals surface area contributed by atoms with Crippen LogP contribution in [0.3, 0.4) is 0 Å². The van der Waals surface area contributed by atoms with E-state index < -0.39 is 0 Å². The van der Waals surface area contributed by atoms with E-state index in [2.05, 4.69) is 41.8 Å². The molecule has 0 aliphatic rings. The van der Waals surface area contributed by atoms with Gasteiger partial charge in [0.1, 0.15) is 0 Å². The predicted molar refractivity (Wildman–Crippen MR) is 88.0 cm³/mol. The van der Waals surface area contributed by atoms with Crippen molar-refractivity contribution in [3.05, 3.63) is 64.7 Å². The number of amides is 2. The number of aryl methyl sites for hydroxylation is 2. The highest BCUT2D eigenvalue weighted by Gasteiger charge is 2.01. The molecule has 4 heteroatoms. The molecule has 2 aromatic carbocycles. The maximum atomic E-state index is 11.7.